The van der Waals surface area contributed by atoms with Crippen LogP contribution < -0.4 is 5.32 Å². The van der Waals surface area contributed by atoms with Crippen LogP contribution in [0.3, 0.4) is 0 Å². The van der Waals surface area contributed by atoms with Crippen LogP contribution in [0.4, 0.5) is 0 Å². The Morgan fingerprint density at radius 2 is 1.62 bits per heavy atom. The van der Waals surface area contributed by atoms with Crippen molar-refractivity contribution < 1.29 is 4.74 Å². The smallest absolute Gasteiger partial charge is 0.0726 e. The maximum absolute atomic E-state index is 5.75. The van der Waals surface area contributed by atoms with E-state index in [2.05, 4.69) is 12.2 Å². The molecule has 0 aromatic rings. The van der Waals surface area contributed by atoms with Crippen molar-refractivity contribution >= 4 is 0 Å². The van der Waals surface area contributed by atoms with Crippen molar-refractivity contribution in [1.82, 2.24) is 5.32 Å². The number of rotatable bonds is 3. The average molecular weight is 225 g/mol. The van der Waals surface area contributed by atoms with Gasteiger partial charge in [-0.2, -0.15) is 0 Å². The van der Waals surface area contributed by atoms with Crippen LogP contribution in [0.2, 0.25) is 0 Å². The maximum atomic E-state index is 5.75. The minimum atomic E-state index is 0.477. The Morgan fingerprint density at radius 1 is 0.938 bits per heavy atom. The Labute approximate surface area is 100 Å². The summed E-state index contributed by atoms with van der Waals surface area (Å²) in [4.78, 5) is 0. The SMILES string of the molecule is CC(NC1CCCCCCC1)C1CCCO1. The molecular formula is C14H27NO. The molecule has 2 atom stereocenters. The third-order valence-corrected chi connectivity index (χ3v) is 4.13. The molecule has 1 saturated heterocycles. The third kappa shape index (κ3) is 3.74. The van der Waals surface area contributed by atoms with Gasteiger partial charge in [-0.15, -0.1) is 0 Å². The van der Waals surface area contributed by atoms with Crippen LogP contribution in [-0.4, -0.2) is 24.8 Å². The first-order chi connectivity index (χ1) is 7.86. The maximum Gasteiger partial charge on any atom is 0.0726 e. The van der Waals surface area contributed by atoms with E-state index in [0.717, 1.165) is 12.6 Å². The summed E-state index contributed by atoms with van der Waals surface area (Å²) in [6.07, 6.45) is 12.9. The standard InChI is InChI=1S/C14H27NO/c1-12(14-10-7-11-16-14)15-13-8-5-3-2-4-6-9-13/h12-15H,2-11H2,1H3. The predicted molar refractivity (Wildman–Crippen MR) is 67.7 cm³/mol. The Balaban J connectivity index is 1.73. The fourth-order valence-corrected chi connectivity index (χ4v) is 3.10. The zero-order valence-corrected chi connectivity index (χ0v) is 10.7. The lowest BCUT2D eigenvalue weighted by Crippen LogP contribution is -2.43. The van der Waals surface area contributed by atoms with Crippen molar-refractivity contribution in [1.29, 1.82) is 0 Å². The van der Waals surface area contributed by atoms with E-state index in [1.165, 1.54) is 57.8 Å². The second kappa shape index (κ2) is 6.61. The Bertz CT molecular complexity index is 181. The molecule has 0 amide bonds. The number of ether oxygens (including phenoxy) is 1. The first-order valence-corrected chi connectivity index (χ1v) is 7.24. The quantitative estimate of drug-likeness (QED) is 0.796. The van der Waals surface area contributed by atoms with E-state index in [1.54, 1.807) is 0 Å². The summed E-state index contributed by atoms with van der Waals surface area (Å²) in [5.41, 5.74) is 0. The van der Waals surface area contributed by atoms with E-state index in [-0.39, 0.29) is 0 Å². The highest BCUT2D eigenvalue weighted by molar-refractivity contribution is 4.81. The fraction of sp³-hybridized carbons (Fsp3) is 1.00. The van der Waals surface area contributed by atoms with Gasteiger partial charge in [0, 0.05) is 18.7 Å². The Hall–Kier alpha value is -0.0800. The highest BCUT2D eigenvalue weighted by Gasteiger charge is 2.24. The molecule has 0 aromatic heterocycles. The van der Waals surface area contributed by atoms with Crippen molar-refractivity contribution in [2.45, 2.75) is 82.9 Å². The predicted octanol–water partition coefficient (Wildman–Crippen LogP) is 3.26. The summed E-state index contributed by atoms with van der Waals surface area (Å²) in [5.74, 6) is 0. The topological polar surface area (TPSA) is 21.3 Å². The summed E-state index contributed by atoms with van der Waals surface area (Å²) in [6, 6.07) is 1.30. The molecule has 2 unspecified atom stereocenters. The molecule has 0 bridgehead atoms. The molecule has 1 N–H and O–H groups in total. The molecule has 2 aliphatic rings. The van der Waals surface area contributed by atoms with Gasteiger partial charge in [-0.05, 0) is 32.6 Å². The summed E-state index contributed by atoms with van der Waals surface area (Å²) in [6.45, 7) is 3.27. The van der Waals surface area contributed by atoms with Crippen molar-refractivity contribution in [3.63, 3.8) is 0 Å². The van der Waals surface area contributed by atoms with Gasteiger partial charge in [0.2, 0.25) is 0 Å². The second-order valence-electron chi connectivity index (χ2n) is 5.55. The number of nitrogens with one attached hydrogen (secondary N) is 1. The van der Waals surface area contributed by atoms with E-state index in [4.69, 9.17) is 4.74 Å². The van der Waals surface area contributed by atoms with Crippen LogP contribution in [0.1, 0.15) is 64.7 Å². The molecule has 1 aliphatic heterocycles. The van der Waals surface area contributed by atoms with Gasteiger partial charge in [-0.25, -0.2) is 0 Å². The van der Waals surface area contributed by atoms with Crippen molar-refractivity contribution in [3.8, 4) is 0 Å². The van der Waals surface area contributed by atoms with Crippen LogP contribution in [0, 0.1) is 0 Å². The molecule has 94 valence electrons. The number of hydrogen-bond donors (Lipinski definition) is 1. The summed E-state index contributed by atoms with van der Waals surface area (Å²) in [7, 11) is 0. The lowest BCUT2D eigenvalue weighted by atomic mass is 9.95. The van der Waals surface area contributed by atoms with Crippen LogP contribution in [0.15, 0.2) is 0 Å². The molecule has 1 aliphatic carbocycles. The van der Waals surface area contributed by atoms with E-state index >= 15 is 0 Å². The van der Waals surface area contributed by atoms with Gasteiger partial charge in [-0.1, -0.05) is 32.1 Å². The van der Waals surface area contributed by atoms with Crippen molar-refractivity contribution in [2.75, 3.05) is 6.61 Å². The van der Waals surface area contributed by atoms with Crippen LogP contribution in [-0.2, 0) is 4.74 Å². The van der Waals surface area contributed by atoms with Crippen LogP contribution >= 0.6 is 0 Å². The van der Waals surface area contributed by atoms with E-state index in [9.17, 15) is 0 Å². The molecule has 2 nitrogen and oxygen atoms in total. The molecule has 2 fully saturated rings. The summed E-state index contributed by atoms with van der Waals surface area (Å²) < 4.78 is 5.75. The van der Waals surface area contributed by atoms with Gasteiger partial charge in [0.15, 0.2) is 0 Å². The summed E-state index contributed by atoms with van der Waals surface area (Å²) in [5, 5.41) is 3.80. The van der Waals surface area contributed by atoms with E-state index < -0.39 is 0 Å². The van der Waals surface area contributed by atoms with Crippen LogP contribution in [0.25, 0.3) is 0 Å². The van der Waals surface area contributed by atoms with E-state index in [0.29, 0.717) is 12.1 Å². The van der Waals surface area contributed by atoms with Gasteiger partial charge >= 0.3 is 0 Å². The van der Waals surface area contributed by atoms with Gasteiger partial charge in [0.25, 0.3) is 0 Å². The third-order valence-electron chi connectivity index (χ3n) is 4.13. The lowest BCUT2D eigenvalue weighted by Gasteiger charge is -2.28. The second-order valence-corrected chi connectivity index (χ2v) is 5.55. The average Bonchev–Trinajstić information content (AvgIpc) is 2.74. The lowest BCUT2D eigenvalue weighted by molar-refractivity contribution is 0.0782. The highest BCUT2D eigenvalue weighted by Crippen LogP contribution is 2.20. The minimum absolute atomic E-state index is 0.477. The van der Waals surface area contributed by atoms with Gasteiger partial charge in [-0.3, -0.25) is 0 Å². The first-order valence-electron chi connectivity index (χ1n) is 7.24. The molecule has 2 heteroatoms. The molecule has 0 spiro atoms. The largest absolute Gasteiger partial charge is 0.377 e. The van der Waals surface area contributed by atoms with Gasteiger partial charge in [0.1, 0.15) is 0 Å². The Kier molecular flexibility index (Phi) is 5.11. The van der Waals surface area contributed by atoms with Gasteiger partial charge in [0.05, 0.1) is 6.10 Å². The molecule has 1 saturated carbocycles. The van der Waals surface area contributed by atoms with Crippen molar-refractivity contribution in [2.24, 2.45) is 0 Å². The zero-order chi connectivity index (χ0) is 11.2. The zero-order valence-electron chi connectivity index (χ0n) is 10.7. The number of hydrogen-bond acceptors (Lipinski definition) is 2. The molecule has 0 radical (unpaired) electrons. The Morgan fingerprint density at radius 3 is 2.25 bits per heavy atom. The molecule has 16 heavy (non-hydrogen) atoms. The van der Waals surface area contributed by atoms with Crippen molar-refractivity contribution in [3.05, 3.63) is 0 Å². The summed E-state index contributed by atoms with van der Waals surface area (Å²) >= 11 is 0. The highest BCUT2D eigenvalue weighted by atomic mass is 16.5. The monoisotopic (exact) mass is 225 g/mol. The normalized spacial score (nSPS) is 30.9. The van der Waals surface area contributed by atoms with Crippen LogP contribution in [0.5, 0.6) is 0 Å². The first kappa shape index (κ1) is 12.4. The van der Waals surface area contributed by atoms with E-state index in [1.807, 2.05) is 0 Å². The molecule has 2 rings (SSSR count). The molecule has 0 aromatic carbocycles. The minimum Gasteiger partial charge on any atom is -0.377 e. The molecular weight excluding hydrogens is 198 g/mol. The molecule has 1 heterocycles. The fourth-order valence-electron chi connectivity index (χ4n) is 3.10. The van der Waals surface area contributed by atoms with Gasteiger partial charge < -0.3 is 10.1 Å².